The van der Waals surface area contributed by atoms with Crippen LogP contribution in [0.3, 0.4) is 0 Å². The molecule has 1 amide bonds. The number of sulfone groups is 1. The van der Waals surface area contributed by atoms with Crippen molar-refractivity contribution in [2.24, 2.45) is 0 Å². The van der Waals surface area contributed by atoms with E-state index in [2.05, 4.69) is 10.1 Å². The Labute approximate surface area is 150 Å². The van der Waals surface area contributed by atoms with Crippen molar-refractivity contribution in [3.8, 4) is 0 Å². The number of amides is 1. The van der Waals surface area contributed by atoms with E-state index in [1.165, 1.54) is 55.6 Å². The molecule has 0 spiro atoms. The molecule has 0 aromatic heterocycles. The van der Waals surface area contributed by atoms with E-state index < -0.39 is 33.6 Å². The van der Waals surface area contributed by atoms with Crippen molar-refractivity contribution in [1.29, 1.82) is 0 Å². The molecule has 2 aromatic carbocycles. The van der Waals surface area contributed by atoms with Crippen molar-refractivity contribution in [2.45, 2.75) is 17.4 Å². The average Bonchev–Trinajstić information content (AvgIpc) is 2.61. The number of carbonyl (C=O) groups excluding carboxylic acids is 2. The summed E-state index contributed by atoms with van der Waals surface area (Å²) in [6.07, 6.45) is 0.819. The van der Waals surface area contributed by atoms with E-state index in [-0.39, 0.29) is 16.9 Å². The van der Waals surface area contributed by atoms with Gasteiger partial charge in [-0.05, 0) is 29.8 Å². The van der Waals surface area contributed by atoms with E-state index in [1.807, 2.05) is 0 Å². The van der Waals surface area contributed by atoms with Gasteiger partial charge in [-0.25, -0.2) is 12.8 Å². The molecule has 0 bridgehead atoms. The van der Waals surface area contributed by atoms with Crippen molar-refractivity contribution in [1.82, 2.24) is 5.32 Å². The second kappa shape index (κ2) is 8.09. The maximum absolute atomic E-state index is 13.1. The van der Waals surface area contributed by atoms with Gasteiger partial charge in [-0.3, -0.25) is 9.59 Å². The van der Waals surface area contributed by atoms with E-state index in [0.29, 0.717) is 5.56 Å². The molecule has 0 aliphatic carbocycles. The first-order valence-electron chi connectivity index (χ1n) is 7.64. The molecule has 0 saturated heterocycles. The quantitative estimate of drug-likeness (QED) is 0.778. The Hall–Kier alpha value is -2.74. The Morgan fingerprint density at radius 3 is 2.31 bits per heavy atom. The Morgan fingerprint density at radius 2 is 1.73 bits per heavy atom. The first kappa shape index (κ1) is 19.6. The van der Waals surface area contributed by atoms with E-state index in [1.54, 1.807) is 0 Å². The zero-order valence-electron chi connectivity index (χ0n) is 14.2. The normalized spacial score (nSPS) is 12.3. The van der Waals surface area contributed by atoms with E-state index in [9.17, 15) is 22.4 Å². The fourth-order valence-electron chi connectivity index (χ4n) is 2.41. The average molecular weight is 379 g/mol. The molecule has 0 aliphatic rings. The van der Waals surface area contributed by atoms with E-state index in [4.69, 9.17) is 0 Å². The number of ether oxygens (including phenoxy) is 1. The molecule has 1 N–H and O–H groups in total. The first-order chi connectivity index (χ1) is 12.2. The van der Waals surface area contributed by atoms with Gasteiger partial charge < -0.3 is 10.1 Å². The largest absolute Gasteiger partial charge is 0.469 e. The summed E-state index contributed by atoms with van der Waals surface area (Å²) in [6, 6.07) is 10.2. The van der Waals surface area contributed by atoms with Crippen LogP contribution in [0.5, 0.6) is 0 Å². The number of rotatable bonds is 6. The summed E-state index contributed by atoms with van der Waals surface area (Å²) in [7, 11) is -2.40. The van der Waals surface area contributed by atoms with Crippen molar-refractivity contribution in [3.05, 3.63) is 65.5 Å². The smallest absolute Gasteiger partial charge is 0.307 e. The molecule has 0 fully saturated rings. The lowest BCUT2D eigenvalue weighted by Crippen LogP contribution is -2.31. The fourth-order valence-corrected chi connectivity index (χ4v) is 3.30. The van der Waals surface area contributed by atoms with E-state index >= 15 is 0 Å². The minimum atomic E-state index is -3.61. The lowest BCUT2D eigenvalue weighted by Gasteiger charge is -2.19. The molecule has 26 heavy (non-hydrogen) atoms. The molecule has 1 atom stereocenters. The predicted molar refractivity (Wildman–Crippen MR) is 92.8 cm³/mol. The highest BCUT2D eigenvalue weighted by molar-refractivity contribution is 7.90. The van der Waals surface area contributed by atoms with Crippen LogP contribution in [0.15, 0.2) is 53.4 Å². The Balaban J connectivity index is 2.35. The van der Waals surface area contributed by atoms with Crippen LogP contribution < -0.4 is 5.32 Å². The summed E-state index contributed by atoms with van der Waals surface area (Å²) < 4.78 is 41.5. The number of halogens is 1. The third kappa shape index (κ3) is 4.89. The van der Waals surface area contributed by atoms with Crippen LogP contribution in [0.2, 0.25) is 0 Å². The van der Waals surface area contributed by atoms with Gasteiger partial charge in [0.25, 0.3) is 5.91 Å². The number of esters is 1. The van der Waals surface area contributed by atoms with Crippen molar-refractivity contribution < 1.29 is 27.1 Å². The maximum Gasteiger partial charge on any atom is 0.307 e. The minimum Gasteiger partial charge on any atom is -0.469 e. The van der Waals surface area contributed by atoms with Gasteiger partial charge >= 0.3 is 5.97 Å². The number of benzene rings is 2. The summed E-state index contributed by atoms with van der Waals surface area (Å²) >= 11 is 0. The molecule has 2 rings (SSSR count). The van der Waals surface area contributed by atoms with Gasteiger partial charge in [0.2, 0.25) is 0 Å². The topological polar surface area (TPSA) is 89.5 Å². The zero-order valence-corrected chi connectivity index (χ0v) is 15.0. The number of carbonyl (C=O) groups is 2. The van der Waals surface area contributed by atoms with Crippen LogP contribution in [-0.4, -0.2) is 33.7 Å². The Morgan fingerprint density at radius 1 is 1.12 bits per heavy atom. The fraction of sp³-hybridized carbons (Fsp3) is 0.222. The van der Waals surface area contributed by atoms with Crippen LogP contribution in [-0.2, 0) is 19.4 Å². The molecule has 0 unspecified atom stereocenters. The number of hydrogen-bond donors (Lipinski definition) is 1. The lowest BCUT2D eigenvalue weighted by molar-refractivity contribution is -0.141. The highest BCUT2D eigenvalue weighted by atomic mass is 32.2. The van der Waals surface area contributed by atoms with E-state index in [0.717, 1.165) is 6.26 Å². The molecule has 0 radical (unpaired) electrons. The maximum atomic E-state index is 13.1. The number of methoxy groups -OCH3 is 1. The van der Waals surface area contributed by atoms with Crippen LogP contribution >= 0.6 is 0 Å². The zero-order chi connectivity index (χ0) is 19.3. The minimum absolute atomic E-state index is 0.0352. The predicted octanol–water partition coefficient (Wildman–Crippen LogP) is 2.26. The van der Waals surface area contributed by atoms with Crippen LogP contribution in [0.25, 0.3) is 0 Å². The third-order valence-electron chi connectivity index (χ3n) is 3.71. The molecule has 6 nitrogen and oxygen atoms in total. The van der Waals surface area contributed by atoms with Crippen molar-refractivity contribution >= 4 is 21.7 Å². The summed E-state index contributed by atoms with van der Waals surface area (Å²) in [5.74, 6) is -1.69. The second-order valence-corrected chi connectivity index (χ2v) is 7.61. The summed E-state index contributed by atoms with van der Waals surface area (Å²) in [5.41, 5.74) is 0.453. The van der Waals surface area contributed by atoms with Crippen molar-refractivity contribution in [3.63, 3.8) is 0 Å². The summed E-state index contributed by atoms with van der Waals surface area (Å²) in [5, 5.41) is 2.62. The van der Waals surface area contributed by atoms with Gasteiger partial charge in [0, 0.05) is 6.26 Å². The van der Waals surface area contributed by atoms with Crippen LogP contribution in [0.1, 0.15) is 28.4 Å². The molecule has 138 valence electrons. The molecule has 2 aromatic rings. The third-order valence-corrected chi connectivity index (χ3v) is 4.86. The molecular formula is C18H18FNO5S. The van der Waals surface area contributed by atoms with Crippen LogP contribution in [0.4, 0.5) is 4.39 Å². The second-order valence-electron chi connectivity index (χ2n) is 5.63. The van der Waals surface area contributed by atoms with Gasteiger partial charge in [-0.1, -0.05) is 24.3 Å². The Kier molecular flexibility index (Phi) is 6.10. The standard InChI is InChI=1S/C18H18FNO5S/c1-25-17(21)11-15(12-7-9-13(19)10-8-12)20-18(22)14-5-3-4-6-16(14)26(2,23)24/h3-10,15H,11H2,1-2H3,(H,20,22)/t15-/m1/s1. The molecule has 0 aliphatic heterocycles. The van der Waals surface area contributed by atoms with Gasteiger partial charge in [0.05, 0.1) is 30.0 Å². The number of hydrogen-bond acceptors (Lipinski definition) is 5. The molecule has 8 heteroatoms. The monoisotopic (exact) mass is 379 g/mol. The van der Waals surface area contributed by atoms with Gasteiger partial charge in [-0.15, -0.1) is 0 Å². The molecular weight excluding hydrogens is 361 g/mol. The number of nitrogens with one attached hydrogen (secondary N) is 1. The Bertz CT molecular complexity index is 909. The van der Waals surface area contributed by atoms with Gasteiger partial charge in [-0.2, -0.15) is 0 Å². The van der Waals surface area contributed by atoms with Gasteiger partial charge in [0.1, 0.15) is 5.82 Å². The first-order valence-corrected chi connectivity index (χ1v) is 9.53. The summed E-state index contributed by atoms with van der Waals surface area (Å²) in [4.78, 5) is 24.2. The van der Waals surface area contributed by atoms with Gasteiger partial charge in [0.15, 0.2) is 9.84 Å². The summed E-state index contributed by atoms with van der Waals surface area (Å²) in [6.45, 7) is 0. The van der Waals surface area contributed by atoms with Crippen LogP contribution in [0, 0.1) is 5.82 Å². The SMILES string of the molecule is COC(=O)C[C@@H](NC(=O)c1ccccc1S(C)(=O)=O)c1ccc(F)cc1. The van der Waals surface area contributed by atoms with Crippen molar-refractivity contribution in [2.75, 3.05) is 13.4 Å². The highest BCUT2D eigenvalue weighted by Crippen LogP contribution is 2.21. The highest BCUT2D eigenvalue weighted by Gasteiger charge is 2.23. The molecule has 0 heterocycles. The molecule has 0 saturated carbocycles. The lowest BCUT2D eigenvalue weighted by atomic mass is 10.0.